The lowest BCUT2D eigenvalue weighted by Crippen LogP contribution is -2.39. The molecule has 3 aromatic rings. The Hall–Kier alpha value is -3.00. The number of aliphatic hydroxyl groups is 1. The normalized spacial score (nSPS) is 12.7. The van der Waals surface area contributed by atoms with Gasteiger partial charge in [-0.15, -0.1) is 0 Å². The van der Waals surface area contributed by atoms with Crippen LogP contribution in [0.1, 0.15) is 52.3 Å². The van der Waals surface area contributed by atoms with Crippen LogP contribution < -0.4 is 5.32 Å². The first-order valence-corrected chi connectivity index (χ1v) is 9.91. The number of aliphatic hydroxyl groups excluding tert-OH is 1. The summed E-state index contributed by atoms with van der Waals surface area (Å²) in [5.41, 5.74) is 3.28. The molecular formula is C21H29N7O. The highest BCUT2D eigenvalue weighted by Gasteiger charge is 2.17. The topological polar surface area (TPSA) is 104 Å². The van der Waals surface area contributed by atoms with E-state index in [4.69, 9.17) is 10.4 Å². The van der Waals surface area contributed by atoms with Gasteiger partial charge in [0.1, 0.15) is 0 Å². The van der Waals surface area contributed by atoms with Crippen molar-refractivity contribution in [2.24, 2.45) is 0 Å². The first kappa shape index (κ1) is 20.7. The quantitative estimate of drug-likeness (QED) is 0.482. The summed E-state index contributed by atoms with van der Waals surface area (Å²) in [4.78, 5) is 4.83. The third-order valence-corrected chi connectivity index (χ3v) is 5.05. The van der Waals surface area contributed by atoms with E-state index in [1.54, 1.807) is 23.1 Å². The van der Waals surface area contributed by atoms with Gasteiger partial charge in [0.05, 0.1) is 53.7 Å². The lowest BCUT2D eigenvalue weighted by Gasteiger charge is -2.22. The van der Waals surface area contributed by atoms with E-state index in [1.807, 2.05) is 37.0 Å². The van der Waals surface area contributed by atoms with E-state index >= 15 is 0 Å². The summed E-state index contributed by atoms with van der Waals surface area (Å²) in [7, 11) is 0. The molecule has 0 aliphatic rings. The Kier molecular flexibility index (Phi) is 6.12. The van der Waals surface area contributed by atoms with Crippen LogP contribution in [0.4, 0.5) is 0 Å². The van der Waals surface area contributed by atoms with Crippen molar-refractivity contribution in [2.45, 2.75) is 52.1 Å². The summed E-state index contributed by atoms with van der Waals surface area (Å²) in [5, 5.41) is 29.4. The second-order valence-electron chi connectivity index (χ2n) is 7.75. The predicted molar refractivity (Wildman–Crippen MR) is 115 cm³/mol. The van der Waals surface area contributed by atoms with Gasteiger partial charge in [0.25, 0.3) is 0 Å². The average Bonchev–Trinajstić information content (AvgIpc) is 3.38. The maximum atomic E-state index is 9.46. The number of hydrogen-bond donors (Lipinski definition) is 3. The maximum absolute atomic E-state index is 9.46. The highest BCUT2D eigenvalue weighted by atomic mass is 16.3. The summed E-state index contributed by atoms with van der Waals surface area (Å²) in [6.07, 6.45) is 12.4. The fourth-order valence-corrected chi connectivity index (χ4v) is 3.11. The van der Waals surface area contributed by atoms with Gasteiger partial charge in [-0.1, -0.05) is 13.8 Å². The fourth-order valence-electron chi connectivity index (χ4n) is 3.11. The van der Waals surface area contributed by atoms with Crippen LogP contribution >= 0.6 is 0 Å². The third kappa shape index (κ3) is 4.37. The number of hydrogen-bond acceptors (Lipinski definition) is 6. The Morgan fingerprint density at radius 1 is 1.28 bits per heavy atom. The first-order valence-electron chi connectivity index (χ1n) is 9.91. The van der Waals surface area contributed by atoms with Gasteiger partial charge in [0.2, 0.25) is 0 Å². The summed E-state index contributed by atoms with van der Waals surface area (Å²) < 4.78 is 3.76. The third-order valence-electron chi connectivity index (χ3n) is 5.05. The highest BCUT2D eigenvalue weighted by molar-refractivity contribution is 6.07. The molecule has 0 bridgehead atoms. The molecule has 0 saturated heterocycles. The molecular weight excluding hydrogens is 366 g/mol. The SMILES string of the molecule is CCC(CC)n1cc(-c2nc(/C(C=N)=C/NC(C)(C)CO)cn3nccc23)cn1. The molecule has 0 fully saturated rings. The van der Waals surface area contributed by atoms with Crippen molar-refractivity contribution >= 4 is 17.3 Å². The van der Waals surface area contributed by atoms with Crippen molar-refractivity contribution in [3.63, 3.8) is 0 Å². The molecule has 0 saturated carbocycles. The molecule has 3 N–H and O–H groups in total. The molecule has 3 heterocycles. The summed E-state index contributed by atoms with van der Waals surface area (Å²) in [6, 6.07) is 2.27. The highest BCUT2D eigenvalue weighted by Crippen LogP contribution is 2.26. The largest absolute Gasteiger partial charge is 0.394 e. The zero-order valence-corrected chi connectivity index (χ0v) is 17.4. The number of aromatic nitrogens is 5. The second-order valence-corrected chi connectivity index (χ2v) is 7.75. The molecule has 0 aliphatic carbocycles. The van der Waals surface area contributed by atoms with Crippen LogP contribution in [0.15, 0.2) is 37.1 Å². The first-order chi connectivity index (χ1) is 13.9. The van der Waals surface area contributed by atoms with Gasteiger partial charge in [-0.2, -0.15) is 10.2 Å². The van der Waals surface area contributed by atoms with E-state index in [2.05, 4.69) is 29.4 Å². The van der Waals surface area contributed by atoms with E-state index in [-0.39, 0.29) is 6.61 Å². The second kappa shape index (κ2) is 8.57. The minimum atomic E-state index is -0.497. The zero-order valence-electron chi connectivity index (χ0n) is 17.4. The van der Waals surface area contributed by atoms with Crippen LogP contribution in [0.2, 0.25) is 0 Å². The molecule has 3 rings (SSSR count). The molecule has 8 heteroatoms. The van der Waals surface area contributed by atoms with Crippen LogP contribution in [-0.2, 0) is 0 Å². The van der Waals surface area contributed by atoms with Gasteiger partial charge in [-0.25, -0.2) is 9.50 Å². The molecule has 0 amide bonds. The maximum Gasteiger partial charge on any atom is 0.0999 e. The number of rotatable bonds is 9. The Labute approximate surface area is 170 Å². The lowest BCUT2D eigenvalue weighted by molar-refractivity contribution is 0.202. The van der Waals surface area contributed by atoms with E-state index in [0.29, 0.717) is 17.3 Å². The van der Waals surface area contributed by atoms with Crippen molar-refractivity contribution in [3.8, 4) is 11.3 Å². The van der Waals surface area contributed by atoms with E-state index < -0.39 is 5.54 Å². The van der Waals surface area contributed by atoms with Crippen molar-refractivity contribution in [2.75, 3.05) is 6.61 Å². The molecule has 0 unspecified atom stereocenters. The lowest BCUT2D eigenvalue weighted by atomic mass is 10.1. The monoisotopic (exact) mass is 395 g/mol. The Bertz CT molecular complexity index is 1010. The van der Waals surface area contributed by atoms with Crippen molar-refractivity contribution in [1.82, 2.24) is 29.7 Å². The minimum Gasteiger partial charge on any atom is -0.394 e. The molecule has 3 aromatic heterocycles. The van der Waals surface area contributed by atoms with Crippen molar-refractivity contribution < 1.29 is 5.11 Å². The standard InChI is InChI=1S/C21H29N7O/c1-5-17(6-2)27-12-16(11-25-27)20-19-7-8-24-28(19)13-18(26-20)15(9-22)10-23-21(3,4)14-29/h7-13,17,22-23,29H,5-6,14H2,1-4H3/b15-10+,22-9?. The molecule has 0 spiro atoms. The van der Waals surface area contributed by atoms with Gasteiger partial charge in [0.15, 0.2) is 0 Å². The Balaban J connectivity index is 2.06. The fraction of sp³-hybridized carbons (Fsp3) is 0.429. The molecule has 0 aliphatic heterocycles. The van der Waals surface area contributed by atoms with E-state index in [9.17, 15) is 5.11 Å². The number of fused-ring (bicyclic) bond motifs is 1. The number of nitrogens with one attached hydrogen (secondary N) is 2. The predicted octanol–water partition coefficient (Wildman–Crippen LogP) is 3.30. The van der Waals surface area contributed by atoms with Crippen molar-refractivity contribution in [1.29, 1.82) is 5.41 Å². The van der Waals surface area contributed by atoms with Crippen LogP contribution in [-0.4, -0.2) is 47.8 Å². The molecule has 154 valence electrons. The van der Waals surface area contributed by atoms with E-state index in [1.165, 1.54) is 6.21 Å². The summed E-state index contributed by atoms with van der Waals surface area (Å²) >= 11 is 0. The van der Waals surface area contributed by atoms with Gasteiger partial charge in [-0.05, 0) is 32.8 Å². The van der Waals surface area contributed by atoms with Crippen molar-refractivity contribution in [3.05, 3.63) is 42.7 Å². The zero-order chi connectivity index (χ0) is 21.0. The summed E-state index contributed by atoms with van der Waals surface area (Å²) in [5.74, 6) is 0. The molecule has 8 nitrogen and oxygen atoms in total. The minimum absolute atomic E-state index is 0.0269. The summed E-state index contributed by atoms with van der Waals surface area (Å²) in [6.45, 7) is 8.05. The van der Waals surface area contributed by atoms with Crippen LogP contribution in [0.3, 0.4) is 0 Å². The molecule has 0 radical (unpaired) electrons. The van der Waals surface area contributed by atoms with Gasteiger partial charge in [0, 0.05) is 29.7 Å². The van der Waals surface area contributed by atoms with Gasteiger partial charge in [-0.3, -0.25) is 4.68 Å². The Morgan fingerprint density at radius 3 is 2.69 bits per heavy atom. The molecule has 29 heavy (non-hydrogen) atoms. The number of allylic oxidation sites excluding steroid dienone is 1. The van der Waals surface area contributed by atoms with Gasteiger partial charge < -0.3 is 15.8 Å². The average molecular weight is 396 g/mol. The molecule has 0 aromatic carbocycles. The smallest absolute Gasteiger partial charge is 0.0999 e. The number of nitrogens with zero attached hydrogens (tertiary/aromatic N) is 5. The van der Waals surface area contributed by atoms with Crippen LogP contribution in [0.25, 0.3) is 22.3 Å². The van der Waals surface area contributed by atoms with E-state index in [0.717, 1.165) is 29.6 Å². The van der Waals surface area contributed by atoms with Gasteiger partial charge >= 0.3 is 0 Å². The molecule has 0 atom stereocenters. The Morgan fingerprint density at radius 2 is 2.03 bits per heavy atom. The van der Waals surface area contributed by atoms with Crippen LogP contribution in [0.5, 0.6) is 0 Å². The van der Waals surface area contributed by atoms with Crippen LogP contribution in [0, 0.1) is 5.41 Å².